The highest BCUT2D eigenvalue weighted by atomic mass is 79.9. The van der Waals surface area contributed by atoms with Gasteiger partial charge in [-0.15, -0.1) is 0 Å². The molecule has 1 N–H and O–H groups in total. The maximum absolute atomic E-state index is 5.22. The number of rotatable bonds is 8. The normalized spacial score (nSPS) is 14.6. The summed E-state index contributed by atoms with van der Waals surface area (Å²) >= 11 is 3.57. The van der Waals surface area contributed by atoms with E-state index in [0.717, 1.165) is 24.0 Å². The summed E-state index contributed by atoms with van der Waals surface area (Å²) in [5, 5.41) is 3.56. The van der Waals surface area contributed by atoms with E-state index in [9.17, 15) is 0 Å². The van der Waals surface area contributed by atoms with Crippen molar-refractivity contribution in [3.05, 3.63) is 34.3 Å². The van der Waals surface area contributed by atoms with Crippen LogP contribution in [0.15, 0.2) is 28.7 Å². The van der Waals surface area contributed by atoms with Crippen LogP contribution in [-0.2, 0) is 4.74 Å². The molecule has 0 saturated carbocycles. The fraction of sp³-hybridized carbons (Fsp3) is 0.625. The molecule has 2 unspecified atom stereocenters. The predicted octanol–water partition coefficient (Wildman–Crippen LogP) is 4.20. The summed E-state index contributed by atoms with van der Waals surface area (Å²) in [6, 6.07) is 9.17. The van der Waals surface area contributed by atoms with E-state index in [0.29, 0.717) is 17.9 Å². The van der Waals surface area contributed by atoms with Crippen LogP contribution in [0.2, 0.25) is 0 Å². The Bertz CT molecular complexity index is 368. The monoisotopic (exact) mass is 327 g/mol. The van der Waals surface area contributed by atoms with Gasteiger partial charge in [0.1, 0.15) is 0 Å². The topological polar surface area (TPSA) is 21.3 Å². The van der Waals surface area contributed by atoms with Crippen LogP contribution in [0.25, 0.3) is 0 Å². The van der Waals surface area contributed by atoms with Crippen molar-refractivity contribution in [2.24, 2.45) is 5.92 Å². The van der Waals surface area contributed by atoms with Crippen molar-refractivity contribution in [2.75, 3.05) is 20.3 Å². The smallest absolute Gasteiger partial charge is 0.0465 e. The van der Waals surface area contributed by atoms with Gasteiger partial charge in [-0.25, -0.2) is 0 Å². The Balaban J connectivity index is 2.78. The molecule has 2 atom stereocenters. The lowest BCUT2D eigenvalue weighted by atomic mass is 9.85. The molecule has 0 bridgehead atoms. The molecule has 0 spiro atoms. The van der Waals surface area contributed by atoms with Crippen LogP contribution < -0.4 is 5.32 Å². The van der Waals surface area contributed by atoms with E-state index in [1.165, 1.54) is 5.56 Å². The van der Waals surface area contributed by atoms with Crippen molar-refractivity contribution in [1.29, 1.82) is 0 Å². The van der Waals surface area contributed by atoms with E-state index in [1.54, 1.807) is 7.11 Å². The number of methoxy groups -OCH3 is 1. The van der Waals surface area contributed by atoms with Gasteiger partial charge in [0.25, 0.3) is 0 Å². The first kappa shape index (κ1) is 16.7. The van der Waals surface area contributed by atoms with Crippen LogP contribution in [0, 0.1) is 5.92 Å². The zero-order chi connectivity index (χ0) is 14.3. The third-order valence-corrected chi connectivity index (χ3v) is 3.98. The third kappa shape index (κ3) is 6.07. The Morgan fingerprint density at radius 2 is 2.00 bits per heavy atom. The molecular formula is C16H26BrNO. The number of ether oxygens (including phenoxy) is 1. The van der Waals surface area contributed by atoms with Gasteiger partial charge >= 0.3 is 0 Å². The molecule has 0 aromatic heterocycles. The van der Waals surface area contributed by atoms with Crippen LogP contribution in [-0.4, -0.2) is 26.3 Å². The summed E-state index contributed by atoms with van der Waals surface area (Å²) in [5.41, 5.74) is 1.39. The van der Waals surface area contributed by atoms with E-state index in [4.69, 9.17) is 4.74 Å². The highest BCUT2D eigenvalue weighted by Crippen LogP contribution is 2.28. The average molecular weight is 328 g/mol. The molecule has 0 aliphatic carbocycles. The van der Waals surface area contributed by atoms with Gasteiger partial charge in [-0.2, -0.15) is 0 Å². The van der Waals surface area contributed by atoms with Crippen molar-refractivity contribution in [2.45, 2.75) is 39.2 Å². The molecule has 0 saturated heterocycles. The first-order valence-electron chi connectivity index (χ1n) is 7.02. The van der Waals surface area contributed by atoms with E-state index >= 15 is 0 Å². The lowest BCUT2D eigenvalue weighted by Gasteiger charge is -2.26. The van der Waals surface area contributed by atoms with Crippen molar-refractivity contribution >= 4 is 15.9 Å². The van der Waals surface area contributed by atoms with E-state index < -0.39 is 0 Å². The van der Waals surface area contributed by atoms with Crippen LogP contribution in [0.5, 0.6) is 0 Å². The maximum atomic E-state index is 5.22. The highest BCUT2D eigenvalue weighted by Gasteiger charge is 2.19. The zero-order valence-corrected chi connectivity index (χ0v) is 14.0. The minimum atomic E-state index is 0.518. The lowest BCUT2D eigenvalue weighted by Crippen LogP contribution is -2.31. The summed E-state index contributed by atoms with van der Waals surface area (Å²) in [4.78, 5) is 0. The summed E-state index contributed by atoms with van der Waals surface area (Å²) in [6.07, 6.45) is 1.09. The van der Waals surface area contributed by atoms with E-state index in [-0.39, 0.29) is 0 Å². The number of halogens is 1. The fourth-order valence-electron chi connectivity index (χ4n) is 2.25. The molecule has 3 heteroatoms. The van der Waals surface area contributed by atoms with E-state index in [1.807, 2.05) is 0 Å². The molecule has 0 radical (unpaired) electrons. The lowest BCUT2D eigenvalue weighted by molar-refractivity contribution is 0.173. The molecule has 108 valence electrons. The quantitative estimate of drug-likeness (QED) is 0.772. The molecule has 0 aliphatic rings. The Kier molecular flexibility index (Phi) is 7.66. The highest BCUT2D eigenvalue weighted by molar-refractivity contribution is 9.10. The average Bonchev–Trinajstić information content (AvgIpc) is 2.36. The van der Waals surface area contributed by atoms with Gasteiger partial charge in [-0.05, 0) is 36.0 Å². The molecule has 1 aromatic rings. The number of hydrogen-bond acceptors (Lipinski definition) is 2. The number of benzene rings is 1. The van der Waals surface area contributed by atoms with Crippen molar-refractivity contribution in [3.8, 4) is 0 Å². The molecule has 0 heterocycles. The molecule has 0 amide bonds. The second-order valence-electron chi connectivity index (χ2n) is 5.48. The van der Waals surface area contributed by atoms with Gasteiger partial charge in [0.15, 0.2) is 0 Å². The first-order chi connectivity index (χ1) is 9.04. The summed E-state index contributed by atoms with van der Waals surface area (Å²) in [5.74, 6) is 1.12. The van der Waals surface area contributed by atoms with Gasteiger partial charge in [-0.3, -0.25) is 0 Å². The molecule has 1 aromatic carbocycles. The summed E-state index contributed by atoms with van der Waals surface area (Å²) < 4.78 is 6.37. The van der Waals surface area contributed by atoms with Crippen LogP contribution in [0.1, 0.15) is 38.7 Å². The fourth-order valence-corrected chi connectivity index (χ4v) is 2.67. The zero-order valence-electron chi connectivity index (χ0n) is 12.4. The summed E-state index contributed by atoms with van der Waals surface area (Å²) in [6.45, 7) is 8.54. The van der Waals surface area contributed by atoms with Gasteiger partial charge < -0.3 is 10.1 Å². The van der Waals surface area contributed by atoms with Gasteiger partial charge in [0, 0.05) is 30.8 Å². The molecule has 0 aliphatic heterocycles. The van der Waals surface area contributed by atoms with Gasteiger partial charge in [-0.1, -0.05) is 48.8 Å². The predicted molar refractivity (Wildman–Crippen MR) is 85.7 cm³/mol. The minimum Gasteiger partial charge on any atom is -0.385 e. The molecule has 2 nitrogen and oxygen atoms in total. The number of hydrogen-bond donors (Lipinski definition) is 1. The minimum absolute atomic E-state index is 0.518. The first-order valence-corrected chi connectivity index (χ1v) is 7.81. The Labute approximate surface area is 126 Å². The Hall–Kier alpha value is -0.380. The third-order valence-electron chi connectivity index (χ3n) is 3.49. The SMILES string of the molecule is COCCC(C)C(CNC(C)C)c1cccc(Br)c1. The van der Waals surface area contributed by atoms with Gasteiger partial charge in [0.05, 0.1) is 0 Å². The van der Waals surface area contributed by atoms with Crippen molar-refractivity contribution < 1.29 is 4.74 Å². The largest absolute Gasteiger partial charge is 0.385 e. The van der Waals surface area contributed by atoms with Crippen molar-refractivity contribution in [1.82, 2.24) is 5.32 Å². The molecular weight excluding hydrogens is 302 g/mol. The Morgan fingerprint density at radius 3 is 2.58 bits per heavy atom. The van der Waals surface area contributed by atoms with Gasteiger partial charge in [0.2, 0.25) is 0 Å². The maximum Gasteiger partial charge on any atom is 0.0465 e. The standard InChI is InChI=1S/C16H26BrNO/c1-12(2)18-11-16(13(3)8-9-19-4)14-6-5-7-15(17)10-14/h5-7,10,12-13,16,18H,8-9,11H2,1-4H3. The Morgan fingerprint density at radius 1 is 1.26 bits per heavy atom. The second kappa shape index (κ2) is 8.72. The molecule has 1 rings (SSSR count). The molecule has 0 fully saturated rings. The van der Waals surface area contributed by atoms with Crippen LogP contribution >= 0.6 is 15.9 Å². The number of nitrogens with one attached hydrogen (secondary N) is 1. The van der Waals surface area contributed by atoms with Crippen LogP contribution in [0.3, 0.4) is 0 Å². The van der Waals surface area contributed by atoms with E-state index in [2.05, 4.69) is 66.3 Å². The van der Waals surface area contributed by atoms with Crippen molar-refractivity contribution in [3.63, 3.8) is 0 Å². The summed E-state index contributed by atoms with van der Waals surface area (Å²) in [7, 11) is 1.77. The van der Waals surface area contributed by atoms with Crippen LogP contribution in [0.4, 0.5) is 0 Å². The second-order valence-corrected chi connectivity index (χ2v) is 6.40. The molecule has 19 heavy (non-hydrogen) atoms.